The van der Waals surface area contributed by atoms with Crippen LogP contribution in [0.1, 0.15) is 0 Å². The Morgan fingerprint density at radius 1 is 1.20 bits per heavy atom. The summed E-state index contributed by atoms with van der Waals surface area (Å²) < 4.78 is 26.6. The number of hydrogen-bond donors (Lipinski definition) is 1. The summed E-state index contributed by atoms with van der Waals surface area (Å²) in [4.78, 5) is 9.92. The van der Waals surface area contributed by atoms with Gasteiger partial charge in [-0.25, -0.2) is 0 Å². The molecule has 0 saturated carbocycles. The number of benzene rings is 1. The first-order valence-electron chi connectivity index (χ1n) is 5.20. The molecule has 20 heavy (non-hydrogen) atoms. The molecule has 1 N–H and O–H groups in total. The van der Waals surface area contributed by atoms with E-state index in [1.54, 1.807) is 11.4 Å². The van der Waals surface area contributed by atoms with Crippen LogP contribution in [0.5, 0.6) is 0 Å². The van der Waals surface area contributed by atoms with Crippen molar-refractivity contribution in [1.82, 2.24) is 0 Å². The van der Waals surface area contributed by atoms with Crippen molar-refractivity contribution in [3.05, 3.63) is 51.9 Å². The molecule has 0 fully saturated rings. The summed E-state index contributed by atoms with van der Waals surface area (Å²) in [5, 5.41) is 15.4. The number of anilines is 1. The number of nitrogens with zero attached hydrogens (tertiary/aromatic N) is 3. The fraction of sp³-hybridized carbons (Fsp3) is 0. The van der Waals surface area contributed by atoms with E-state index in [0.29, 0.717) is 5.69 Å². The van der Waals surface area contributed by atoms with Crippen molar-refractivity contribution in [3.63, 3.8) is 0 Å². The zero-order valence-electron chi connectivity index (χ0n) is 9.83. The van der Waals surface area contributed by atoms with Gasteiger partial charge in [0.1, 0.15) is 4.21 Å². The van der Waals surface area contributed by atoms with Gasteiger partial charge in [0.05, 0.1) is 10.6 Å². The van der Waals surface area contributed by atoms with E-state index in [-0.39, 0.29) is 9.90 Å². The smallest absolute Gasteiger partial charge is 0.259 e. The van der Waals surface area contributed by atoms with Crippen LogP contribution in [0, 0.1) is 10.1 Å². The molecule has 1 aromatic carbocycles. The summed E-state index contributed by atoms with van der Waals surface area (Å²) >= 11 is 1.04. The lowest BCUT2D eigenvalue weighted by Gasteiger charge is -1.98. The van der Waals surface area contributed by atoms with Crippen molar-refractivity contribution in [2.24, 2.45) is 9.74 Å². The summed E-state index contributed by atoms with van der Waals surface area (Å²) in [6.45, 7) is 0. The zero-order valence-corrected chi connectivity index (χ0v) is 11.5. The van der Waals surface area contributed by atoms with E-state index in [1.165, 1.54) is 30.3 Å². The molecule has 0 aliphatic rings. The SMILES string of the molecule is O=[N+]([O-])c1ccc(NN=NS(=O)(=O)c2cccs2)cc1. The Morgan fingerprint density at radius 3 is 2.45 bits per heavy atom. The van der Waals surface area contributed by atoms with Gasteiger partial charge in [0.15, 0.2) is 0 Å². The average molecular weight is 312 g/mol. The fourth-order valence-corrected chi connectivity index (χ4v) is 2.92. The van der Waals surface area contributed by atoms with Gasteiger partial charge in [-0.15, -0.1) is 11.3 Å². The van der Waals surface area contributed by atoms with E-state index in [9.17, 15) is 18.5 Å². The molecule has 2 rings (SSSR count). The maximum Gasteiger partial charge on any atom is 0.310 e. The molecule has 0 saturated heterocycles. The quantitative estimate of drug-likeness (QED) is 0.518. The van der Waals surface area contributed by atoms with Crippen molar-refractivity contribution in [3.8, 4) is 0 Å². The Kier molecular flexibility index (Phi) is 4.05. The molecule has 0 aliphatic carbocycles. The molecule has 0 amide bonds. The Morgan fingerprint density at radius 2 is 1.90 bits per heavy atom. The largest absolute Gasteiger partial charge is 0.310 e. The predicted octanol–water partition coefficient (Wildman–Crippen LogP) is 2.82. The van der Waals surface area contributed by atoms with E-state index in [0.717, 1.165) is 11.3 Å². The summed E-state index contributed by atoms with van der Waals surface area (Å²) in [6.07, 6.45) is 0. The van der Waals surface area contributed by atoms with Crippen molar-refractivity contribution in [2.45, 2.75) is 4.21 Å². The molecule has 2 aromatic rings. The van der Waals surface area contributed by atoms with Crippen LogP contribution in [0.3, 0.4) is 0 Å². The highest BCUT2D eigenvalue weighted by Gasteiger charge is 2.13. The highest BCUT2D eigenvalue weighted by atomic mass is 32.2. The maximum absolute atomic E-state index is 11.6. The van der Waals surface area contributed by atoms with Gasteiger partial charge in [0.2, 0.25) is 0 Å². The van der Waals surface area contributed by atoms with Crippen LogP contribution in [-0.2, 0) is 10.0 Å². The Bertz CT molecular complexity index is 723. The van der Waals surface area contributed by atoms with E-state index in [4.69, 9.17) is 0 Å². The molecule has 0 atom stereocenters. The van der Waals surface area contributed by atoms with Gasteiger partial charge in [0.25, 0.3) is 5.69 Å². The molecule has 0 aliphatic heterocycles. The second-order valence-electron chi connectivity index (χ2n) is 3.50. The average Bonchev–Trinajstić information content (AvgIpc) is 2.94. The number of non-ortho nitro benzene ring substituents is 1. The second kappa shape index (κ2) is 5.75. The molecule has 0 radical (unpaired) electrons. The molecular weight excluding hydrogens is 304 g/mol. The van der Waals surface area contributed by atoms with Crippen LogP contribution in [0.15, 0.2) is 55.7 Å². The zero-order chi connectivity index (χ0) is 14.6. The number of sulfonamides is 1. The topological polar surface area (TPSA) is 114 Å². The lowest BCUT2D eigenvalue weighted by atomic mass is 10.3. The minimum absolute atomic E-state index is 0.0707. The van der Waals surface area contributed by atoms with Crippen LogP contribution in [0.2, 0.25) is 0 Å². The lowest BCUT2D eigenvalue weighted by Crippen LogP contribution is -1.95. The number of nitrogens with one attached hydrogen (secondary N) is 1. The predicted molar refractivity (Wildman–Crippen MR) is 73.1 cm³/mol. The van der Waals surface area contributed by atoms with Crippen LogP contribution in [0.25, 0.3) is 0 Å². The normalized spacial score (nSPS) is 11.6. The number of hydrogen-bond acceptors (Lipinski definition) is 6. The molecule has 0 unspecified atom stereocenters. The third kappa shape index (κ3) is 3.36. The molecule has 8 nitrogen and oxygen atoms in total. The molecule has 10 heteroatoms. The summed E-state index contributed by atoms with van der Waals surface area (Å²) in [7, 11) is -3.80. The number of nitro groups is 1. The van der Waals surface area contributed by atoms with Gasteiger partial charge in [-0.05, 0) is 28.1 Å². The Balaban J connectivity index is 2.05. The van der Waals surface area contributed by atoms with Gasteiger partial charge >= 0.3 is 10.0 Å². The standard InChI is InChI=1S/C10H8N4O4S2/c15-14(16)9-5-3-8(4-6-9)11-12-13-20(17,18)10-2-1-7-19-10/h1-7H,(H,11,13). The Hall–Kier alpha value is -2.33. The van der Waals surface area contributed by atoms with Crippen LogP contribution in [0.4, 0.5) is 11.4 Å². The summed E-state index contributed by atoms with van der Waals surface area (Å²) in [6, 6.07) is 8.35. The first-order valence-corrected chi connectivity index (χ1v) is 7.52. The van der Waals surface area contributed by atoms with Crippen molar-refractivity contribution < 1.29 is 13.3 Å². The van der Waals surface area contributed by atoms with Gasteiger partial charge in [0, 0.05) is 12.1 Å². The maximum atomic E-state index is 11.6. The first kappa shape index (κ1) is 14.1. The van der Waals surface area contributed by atoms with Crippen LogP contribution < -0.4 is 5.43 Å². The first-order chi connectivity index (χ1) is 9.49. The number of nitro benzene ring substituents is 1. The molecule has 0 bridgehead atoms. The molecule has 1 heterocycles. The van der Waals surface area contributed by atoms with E-state index >= 15 is 0 Å². The van der Waals surface area contributed by atoms with Crippen LogP contribution >= 0.6 is 11.3 Å². The lowest BCUT2D eigenvalue weighted by molar-refractivity contribution is -0.384. The van der Waals surface area contributed by atoms with Gasteiger partial charge < -0.3 is 0 Å². The fourth-order valence-electron chi connectivity index (χ4n) is 1.24. The minimum atomic E-state index is -3.80. The van der Waals surface area contributed by atoms with Crippen molar-refractivity contribution >= 4 is 32.7 Å². The van der Waals surface area contributed by atoms with E-state index < -0.39 is 14.9 Å². The highest BCUT2D eigenvalue weighted by Crippen LogP contribution is 2.19. The summed E-state index contributed by atoms with van der Waals surface area (Å²) in [5.41, 5.74) is 2.71. The van der Waals surface area contributed by atoms with E-state index in [1.807, 2.05) is 0 Å². The third-order valence-corrected chi connectivity index (χ3v) is 4.68. The monoisotopic (exact) mass is 312 g/mol. The third-order valence-electron chi connectivity index (χ3n) is 2.15. The molecule has 0 spiro atoms. The van der Waals surface area contributed by atoms with Gasteiger partial charge in [-0.3, -0.25) is 15.5 Å². The highest BCUT2D eigenvalue weighted by molar-refractivity contribution is 7.92. The molecule has 1 aromatic heterocycles. The molecule has 104 valence electrons. The summed E-state index contributed by atoms with van der Waals surface area (Å²) in [5.74, 6) is 0. The number of rotatable bonds is 5. The van der Waals surface area contributed by atoms with E-state index in [2.05, 4.69) is 15.2 Å². The molecular formula is C10H8N4O4S2. The van der Waals surface area contributed by atoms with Crippen molar-refractivity contribution in [2.75, 3.05) is 5.43 Å². The number of thiophene rings is 1. The van der Waals surface area contributed by atoms with Crippen LogP contribution in [-0.4, -0.2) is 13.3 Å². The Labute approximate surface area is 118 Å². The van der Waals surface area contributed by atoms with Gasteiger partial charge in [-0.1, -0.05) is 11.3 Å². The second-order valence-corrected chi connectivity index (χ2v) is 6.26. The van der Waals surface area contributed by atoms with Crippen molar-refractivity contribution in [1.29, 1.82) is 0 Å². The van der Waals surface area contributed by atoms with Gasteiger partial charge in [-0.2, -0.15) is 8.42 Å². The minimum Gasteiger partial charge on any atom is -0.259 e.